The second-order valence-electron chi connectivity index (χ2n) is 4.70. The minimum Gasteiger partial charge on any atom is -0.497 e. The molecule has 0 aliphatic rings. The summed E-state index contributed by atoms with van der Waals surface area (Å²) in [5.74, 6) is 0.667. The first-order valence-corrected chi connectivity index (χ1v) is 6.77. The Balaban J connectivity index is 1.93. The van der Waals surface area contributed by atoms with Crippen LogP contribution in [0.5, 0.6) is 5.75 Å². The molecule has 0 fully saturated rings. The highest BCUT2D eigenvalue weighted by molar-refractivity contribution is 5.93. The van der Waals surface area contributed by atoms with Crippen molar-refractivity contribution in [2.45, 2.75) is 12.5 Å². The quantitative estimate of drug-likeness (QED) is 0.826. The highest BCUT2D eigenvalue weighted by Crippen LogP contribution is 2.17. The van der Waals surface area contributed by atoms with Gasteiger partial charge in [-0.1, -0.05) is 48.5 Å². The fourth-order valence-corrected chi connectivity index (χ4v) is 1.96. The Kier molecular flexibility index (Phi) is 5.29. The molecule has 0 bridgehead atoms. The summed E-state index contributed by atoms with van der Waals surface area (Å²) in [4.78, 5) is 11.9. The van der Waals surface area contributed by atoms with Gasteiger partial charge >= 0.3 is 0 Å². The van der Waals surface area contributed by atoms with Crippen LogP contribution in [0.4, 0.5) is 0 Å². The summed E-state index contributed by atoms with van der Waals surface area (Å²) >= 11 is 0. The van der Waals surface area contributed by atoms with Crippen LogP contribution in [0.15, 0.2) is 60.7 Å². The lowest BCUT2D eigenvalue weighted by Crippen LogP contribution is -2.03. The normalized spacial score (nSPS) is 12.3. The molecule has 2 rings (SSSR count). The third-order valence-electron chi connectivity index (χ3n) is 3.16. The molecule has 0 spiro atoms. The van der Waals surface area contributed by atoms with E-state index in [0.29, 0.717) is 0 Å². The molecule has 3 heteroatoms. The van der Waals surface area contributed by atoms with Crippen LogP contribution < -0.4 is 4.74 Å². The Morgan fingerprint density at radius 3 is 2.43 bits per heavy atom. The Morgan fingerprint density at radius 1 is 1.14 bits per heavy atom. The van der Waals surface area contributed by atoms with Crippen molar-refractivity contribution in [2.24, 2.45) is 0 Å². The summed E-state index contributed by atoms with van der Waals surface area (Å²) < 4.78 is 5.07. The molecular formula is C18H18O3. The van der Waals surface area contributed by atoms with Crippen LogP contribution in [0.25, 0.3) is 6.08 Å². The summed E-state index contributed by atoms with van der Waals surface area (Å²) in [5.41, 5.74) is 1.67. The van der Waals surface area contributed by atoms with Gasteiger partial charge < -0.3 is 9.84 Å². The smallest absolute Gasteiger partial charge is 0.158 e. The number of ketones is 1. The molecular weight excluding hydrogens is 264 g/mol. The number of rotatable bonds is 6. The number of hydrogen-bond acceptors (Lipinski definition) is 3. The predicted molar refractivity (Wildman–Crippen MR) is 83.1 cm³/mol. The van der Waals surface area contributed by atoms with E-state index < -0.39 is 6.10 Å². The zero-order valence-corrected chi connectivity index (χ0v) is 11.9. The van der Waals surface area contributed by atoms with E-state index in [9.17, 15) is 9.90 Å². The van der Waals surface area contributed by atoms with Crippen molar-refractivity contribution in [3.8, 4) is 5.75 Å². The van der Waals surface area contributed by atoms with Gasteiger partial charge in [0, 0.05) is 6.42 Å². The fourth-order valence-electron chi connectivity index (χ4n) is 1.96. The van der Waals surface area contributed by atoms with Gasteiger partial charge in [-0.15, -0.1) is 0 Å². The number of carbonyl (C=O) groups excluding carboxylic acids is 1. The Bertz CT molecular complexity index is 600. The van der Waals surface area contributed by atoms with E-state index in [-0.39, 0.29) is 12.2 Å². The van der Waals surface area contributed by atoms with E-state index in [4.69, 9.17) is 4.74 Å². The van der Waals surface area contributed by atoms with E-state index in [0.717, 1.165) is 16.9 Å². The molecule has 1 unspecified atom stereocenters. The third-order valence-corrected chi connectivity index (χ3v) is 3.16. The number of ether oxygens (including phenoxy) is 1. The number of hydrogen-bond donors (Lipinski definition) is 1. The van der Waals surface area contributed by atoms with Crippen molar-refractivity contribution in [1.82, 2.24) is 0 Å². The van der Waals surface area contributed by atoms with Gasteiger partial charge in [-0.05, 0) is 29.3 Å². The highest BCUT2D eigenvalue weighted by Gasteiger charge is 2.10. The van der Waals surface area contributed by atoms with Crippen LogP contribution in [0, 0.1) is 0 Å². The van der Waals surface area contributed by atoms with Gasteiger partial charge in [-0.3, -0.25) is 4.79 Å². The summed E-state index contributed by atoms with van der Waals surface area (Å²) in [6.07, 6.45) is 2.55. The number of carbonyl (C=O) groups is 1. The Morgan fingerprint density at radius 2 is 1.81 bits per heavy atom. The minimum absolute atomic E-state index is 0.0800. The summed E-state index contributed by atoms with van der Waals surface area (Å²) in [6.45, 7) is 0. The lowest BCUT2D eigenvalue weighted by molar-refractivity contribution is -0.116. The standard InChI is InChI=1S/C18H18O3/c1-21-17-11-8-14(9-12-17)7-10-16(19)13-18(20)15-5-3-2-4-6-15/h2-12,18,20H,13H2,1H3/b10-7+. The van der Waals surface area contributed by atoms with Crippen molar-refractivity contribution in [3.63, 3.8) is 0 Å². The van der Waals surface area contributed by atoms with Crippen molar-refractivity contribution in [3.05, 3.63) is 71.8 Å². The summed E-state index contributed by atoms with van der Waals surface area (Å²) in [7, 11) is 1.61. The molecule has 1 atom stereocenters. The lowest BCUT2D eigenvalue weighted by Gasteiger charge is -2.08. The molecule has 108 valence electrons. The van der Waals surface area contributed by atoms with Crippen LogP contribution in [-0.4, -0.2) is 18.0 Å². The predicted octanol–water partition coefficient (Wildman–Crippen LogP) is 3.40. The molecule has 3 nitrogen and oxygen atoms in total. The van der Waals surface area contributed by atoms with Crippen molar-refractivity contribution in [2.75, 3.05) is 7.11 Å². The third kappa shape index (κ3) is 4.58. The van der Waals surface area contributed by atoms with E-state index in [1.807, 2.05) is 54.6 Å². The Labute approximate surface area is 124 Å². The average Bonchev–Trinajstić information content (AvgIpc) is 2.54. The molecule has 0 saturated heterocycles. The zero-order chi connectivity index (χ0) is 15.1. The molecule has 1 N–H and O–H groups in total. The maximum absolute atomic E-state index is 11.9. The van der Waals surface area contributed by atoms with Crippen molar-refractivity contribution >= 4 is 11.9 Å². The number of methoxy groups -OCH3 is 1. The van der Waals surface area contributed by atoms with Crippen LogP contribution in [0.3, 0.4) is 0 Å². The maximum Gasteiger partial charge on any atom is 0.158 e. The summed E-state index contributed by atoms with van der Waals surface area (Å²) in [6, 6.07) is 16.6. The van der Waals surface area contributed by atoms with Gasteiger partial charge in [0.15, 0.2) is 5.78 Å². The Hall–Kier alpha value is -2.39. The van der Waals surface area contributed by atoms with Crippen LogP contribution in [0.1, 0.15) is 23.7 Å². The zero-order valence-electron chi connectivity index (χ0n) is 11.9. The maximum atomic E-state index is 11.9. The number of aliphatic hydroxyl groups is 1. The first-order chi connectivity index (χ1) is 10.2. The number of allylic oxidation sites excluding steroid dienone is 1. The van der Waals surface area contributed by atoms with Crippen molar-refractivity contribution in [1.29, 1.82) is 0 Å². The van der Waals surface area contributed by atoms with Gasteiger partial charge in [0.25, 0.3) is 0 Å². The van der Waals surface area contributed by atoms with Gasteiger partial charge in [0.05, 0.1) is 13.2 Å². The SMILES string of the molecule is COc1ccc(/C=C/C(=O)CC(O)c2ccccc2)cc1. The molecule has 21 heavy (non-hydrogen) atoms. The lowest BCUT2D eigenvalue weighted by atomic mass is 10.0. The van der Waals surface area contributed by atoms with E-state index in [1.54, 1.807) is 13.2 Å². The molecule has 0 amide bonds. The van der Waals surface area contributed by atoms with Gasteiger partial charge in [0.2, 0.25) is 0 Å². The minimum atomic E-state index is -0.765. The van der Waals surface area contributed by atoms with E-state index in [2.05, 4.69) is 0 Å². The molecule has 0 aliphatic carbocycles. The van der Waals surface area contributed by atoms with Gasteiger partial charge in [0.1, 0.15) is 5.75 Å². The molecule has 0 saturated carbocycles. The second-order valence-corrected chi connectivity index (χ2v) is 4.70. The molecule has 0 aliphatic heterocycles. The van der Waals surface area contributed by atoms with Crippen LogP contribution in [-0.2, 0) is 4.79 Å². The first kappa shape index (κ1) is 15.0. The van der Waals surface area contributed by atoms with E-state index in [1.165, 1.54) is 6.08 Å². The molecule has 2 aromatic carbocycles. The fraction of sp³-hybridized carbons (Fsp3) is 0.167. The molecule has 0 radical (unpaired) electrons. The topological polar surface area (TPSA) is 46.5 Å². The van der Waals surface area contributed by atoms with Gasteiger partial charge in [-0.25, -0.2) is 0 Å². The largest absolute Gasteiger partial charge is 0.497 e. The van der Waals surface area contributed by atoms with E-state index >= 15 is 0 Å². The molecule has 0 heterocycles. The monoisotopic (exact) mass is 282 g/mol. The summed E-state index contributed by atoms with van der Waals surface area (Å²) in [5, 5.41) is 9.99. The number of aliphatic hydroxyl groups excluding tert-OH is 1. The van der Waals surface area contributed by atoms with Gasteiger partial charge in [-0.2, -0.15) is 0 Å². The van der Waals surface area contributed by atoms with Crippen molar-refractivity contribution < 1.29 is 14.6 Å². The second kappa shape index (κ2) is 7.41. The average molecular weight is 282 g/mol. The highest BCUT2D eigenvalue weighted by atomic mass is 16.5. The molecule has 0 aromatic heterocycles. The first-order valence-electron chi connectivity index (χ1n) is 6.77. The van der Waals surface area contributed by atoms with Crippen LogP contribution in [0.2, 0.25) is 0 Å². The van der Waals surface area contributed by atoms with Crippen LogP contribution >= 0.6 is 0 Å². The molecule has 2 aromatic rings. The number of benzene rings is 2.